The molecule has 2 heterocycles. The number of amides is 1. The standard InChI is InChI=1S/C28H32N2O7S/c1-3-36-28(32)23-11-7-8-14-29(23)27(31)19(2)21-12-13-25(24(16-21)30(33)34)38-26-18-35-17-22(37-26)15-20-9-5-4-6-10-20/h4-6,9-10,12-13,16,22-23,26H,2-3,7-8,11,14-15,17-18H2,1H3. The summed E-state index contributed by atoms with van der Waals surface area (Å²) >= 11 is 1.23. The number of thioether (sulfide) groups is 1. The van der Waals surface area contributed by atoms with Crippen molar-refractivity contribution in [1.82, 2.24) is 4.90 Å². The summed E-state index contributed by atoms with van der Waals surface area (Å²) in [5.41, 5.74) is 1.01. The van der Waals surface area contributed by atoms with Crippen molar-refractivity contribution >= 4 is 34.9 Å². The molecule has 2 aliphatic rings. The zero-order valence-corrected chi connectivity index (χ0v) is 22.2. The normalized spacial score (nSPS) is 21.5. The van der Waals surface area contributed by atoms with Gasteiger partial charge < -0.3 is 19.1 Å². The maximum Gasteiger partial charge on any atom is 0.328 e. The van der Waals surface area contributed by atoms with Crippen molar-refractivity contribution in [2.24, 2.45) is 0 Å². The molecule has 9 nitrogen and oxygen atoms in total. The van der Waals surface area contributed by atoms with E-state index in [-0.39, 0.29) is 24.0 Å². The Kier molecular flexibility index (Phi) is 9.54. The summed E-state index contributed by atoms with van der Waals surface area (Å²) in [5.74, 6) is -0.864. The van der Waals surface area contributed by atoms with E-state index in [2.05, 4.69) is 6.58 Å². The fraction of sp³-hybridized carbons (Fsp3) is 0.429. The fourth-order valence-electron chi connectivity index (χ4n) is 4.68. The average Bonchev–Trinajstić information content (AvgIpc) is 2.93. The van der Waals surface area contributed by atoms with Crippen LogP contribution in [0.1, 0.15) is 37.3 Å². The summed E-state index contributed by atoms with van der Waals surface area (Å²) in [6.07, 6.45) is 2.62. The lowest BCUT2D eigenvalue weighted by Crippen LogP contribution is -2.48. The lowest BCUT2D eigenvalue weighted by Gasteiger charge is -2.34. The first-order chi connectivity index (χ1) is 18.4. The number of piperidine rings is 1. The number of hydrogen-bond acceptors (Lipinski definition) is 8. The molecule has 0 aromatic heterocycles. The molecule has 2 aliphatic heterocycles. The molecule has 2 aromatic rings. The van der Waals surface area contributed by atoms with Gasteiger partial charge in [-0.1, -0.05) is 54.7 Å². The number of nitro benzene ring substituents is 1. The zero-order chi connectivity index (χ0) is 27.1. The second kappa shape index (κ2) is 13.0. The van der Waals surface area contributed by atoms with E-state index in [1.807, 2.05) is 30.3 Å². The van der Waals surface area contributed by atoms with Gasteiger partial charge in [0.2, 0.25) is 0 Å². The van der Waals surface area contributed by atoms with Crippen LogP contribution in [0.25, 0.3) is 5.57 Å². The molecular formula is C28H32N2O7S. The highest BCUT2D eigenvalue weighted by molar-refractivity contribution is 8.00. The fourth-order valence-corrected chi connectivity index (χ4v) is 5.74. The third-order valence-corrected chi connectivity index (χ3v) is 7.66. The minimum Gasteiger partial charge on any atom is -0.464 e. The van der Waals surface area contributed by atoms with E-state index >= 15 is 0 Å². The summed E-state index contributed by atoms with van der Waals surface area (Å²) in [7, 11) is 0. The first-order valence-corrected chi connectivity index (χ1v) is 13.6. The number of hydrogen-bond donors (Lipinski definition) is 0. The second-order valence-corrected chi connectivity index (χ2v) is 10.4. The lowest BCUT2D eigenvalue weighted by molar-refractivity contribution is -0.387. The molecule has 38 heavy (non-hydrogen) atoms. The van der Waals surface area contributed by atoms with Crippen LogP contribution in [-0.2, 0) is 30.2 Å². The van der Waals surface area contributed by atoms with Crippen molar-refractivity contribution in [3.05, 3.63) is 76.4 Å². The van der Waals surface area contributed by atoms with Crippen molar-refractivity contribution in [3.63, 3.8) is 0 Å². The van der Waals surface area contributed by atoms with Crippen LogP contribution in [0.4, 0.5) is 5.69 Å². The number of esters is 1. The average molecular weight is 541 g/mol. The van der Waals surface area contributed by atoms with Gasteiger partial charge in [-0.2, -0.15) is 0 Å². The minimum atomic E-state index is -0.676. The van der Waals surface area contributed by atoms with Gasteiger partial charge in [-0.25, -0.2) is 4.79 Å². The van der Waals surface area contributed by atoms with Crippen molar-refractivity contribution < 1.29 is 28.7 Å². The van der Waals surface area contributed by atoms with Crippen molar-refractivity contribution in [2.45, 2.75) is 55.1 Å². The van der Waals surface area contributed by atoms with Crippen LogP contribution < -0.4 is 0 Å². The summed E-state index contributed by atoms with van der Waals surface area (Å²) < 4.78 is 17.1. The Hall–Kier alpha value is -3.21. The SMILES string of the molecule is C=C(C(=O)N1CCCCC1C(=O)OCC)c1ccc(SC2COCC(Cc3ccccc3)O2)c([N+](=O)[O-])c1. The van der Waals surface area contributed by atoms with Crippen LogP contribution in [0.15, 0.2) is 60.0 Å². The first kappa shape index (κ1) is 27.8. The molecule has 1 amide bonds. The van der Waals surface area contributed by atoms with Gasteiger partial charge in [0, 0.05) is 24.6 Å². The summed E-state index contributed by atoms with van der Waals surface area (Å²) in [6, 6.07) is 13.9. The van der Waals surface area contributed by atoms with E-state index in [4.69, 9.17) is 14.2 Å². The molecule has 10 heteroatoms. The lowest BCUT2D eigenvalue weighted by atomic mass is 9.99. The topological polar surface area (TPSA) is 108 Å². The Bertz CT molecular complexity index is 1170. The van der Waals surface area contributed by atoms with Gasteiger partial charge in [0.05, 0.1) is 35.7 Å². The highest BCUT2D eigenvalue weighted by atomic mass is 32.2. The Morgan fingerprint density at radius 1 is 1.18 bits per heavy atom. The predicted molar refractivity (Wildman–Crippen MR) is 144 cm³/mol. The van der Waals surface area contributed by atoms with E-state index in [1.165, 1.54) is 22.7 Å². The van der Waals surface area contributed by atoms with E-state index in [1.54, 1.807) is 19.1 Å². The van der Waals surface area contributed by atoms with E-state index in [0.717, 1.165) is 18.4 Å². The molecule has 0 spiro atoms. The minimum absolute atomic E-state index is 0.0982. The van der Waals surface area contributed by atoms with Gasteiger partial charge in [-0.05, 0) is 43.4 Å². The van der Waals surface area contributed by atoms with E-state index < -0.39 is 28.3 Å². The van der Waals surface area contributed by atoms with E-state index in [9.17, 15) is 19.7 Å². The number of benzene rings is 2. The van der Waals surface area contributed by atoms with Gasteiger partial charge in [-0.3, -0.25) is 14.9 Å². The van der Waals surface area contributed by atoms with Crippen LogP contribution >= 0.6 is 11.8 Å². The maximum atomic E-state index is 13.3. The third kappa shape index (κ3) is 6.80. The third-order valence-electron chi connectivity index (χ3n) is 6.55. The summed E-state index contributed by atoms with van der Waals surface area (Å²) in [4.78, 5) is 39.1. The van der Waals surface area contributed by atoms with Crippen molar-refractivity contribution in [3.8, 4) is 0 Å². The number of nitro groups is 1. The van der Waals surface area contributed by atoms with Crippen LogP contribution in [0, 0.1) is 10.1 Å². The number of ether oxygens (including phenoxy) is 3. The summed E-state index contributed by atoms with van der Waals surface area (Å²) in [5, 5.41) is 12.0. The molecule has 3 unspecified atom stereocenters. The first-order valence-electron chi connectivity index (χ1n) is 12.8. The number of carbonyl (C=O) groups is 2. The Morgan fingerprint density at radius 3 is 2.71 bits per heavy atom. The second-order valence-electron chi connectivity index (χ2n) is 9.21. The molecule has 0 aliphatic carbocycles. The molecule has 202 valence electrons. The largest absolute Gasteiger partial charge is 0.464 e. The number of likely N-dealkylation sites (tertiary alicyclic amines) is 1. The Balaban J connectivity index is 1.46. The highest BCUT2D eigenvalue weighted by Gasteiger charge is 2.35. The molecule has 3 atom stereocenters. The Labute approximate surface area is 226 Å². The molecule has 2 saturated heterocycles. The summed E-state index contributed by atoms with van der Waals surface area (Å²) in [6.45, 7) is 7.04. The quantitative estimate of drug-likeness (QED) is 0.196. The van der Waals surface area contributed by atoms with Crippen molar-refractivity contribution in [2.75, 3.05) is 26.4 Å². The van der Waals surface area contributed by atoms with Gasteiger partial charge in [0.25, 0.3) is 11.6 Å². The molecule has 0 radical (unpaired) electrons. The molecule has 0 bridgehead atoms. The molecule has 0 N–H and O–H groups in total. The molecule has 0 saturated carbocycles. The number of nitrogens with zero attached hydrogens (tertiary/aromatic N) is 2. The van der Waals surface area contributed by atoms with Gasteiger partial charge in [0.15, 0.2) is 0 Å². The smallest absolute Gasteiger partial charge is 0.328 e. The van der Waals surface area contributed by atoms with Crippen molar-refractivity contribution in [1.29, 1.82) is 0 Å². The molecule has 4 rings (SSSR count). The highest BCUT2D eigenvalue weighted by Crippen LogP contribution is 2.37. The van der Waals surface area contributed by atoms with Crippen LogP contribution in [-0.4, -0.2) is 65.6 Å². The van der Waals surface area contributed by atoms with Gasteiger partial charge in [0.1, 0.15) is 11.5 Å². The molecule has 2 fully saturated rings. The van der Waals surface area contributed by atoms with E-state index in [0.29, 0.717) is 43.1 Å². The molecular weight excluding hydrogens is 508 g/mol. The van der Waals surface area contributed by atoms with Gasteiger partial charge >= 0.3 is 5.97 Å². The Morgan fingerprint density at radius 2 is 1.97 bits per heavy atom. The van der Waals surface area contributed by atoms with Gasteiger partial charge in [-0.15, -0.1) is 0 Å². The number of rotatable bonds is 9. The number of carbonyl (C=O) groups excluding carboxylic acids is 2. The maximum absolute atomic E-state index is 13.3. The van der Waals surface area contributed by atoms with Crippen LogP contribution in [0.2, 0.25) is 0 Å². The van der Waals surface area contributed by atoms with Crippen LogP contribution in [0.3, 0.4) is 0 Å². The zero-order valence-electron chi connectivity index (χ0n) is 21.4. The monoisotopic (exact) mass is 540 g/mol. The molecule has 2 aromatic carbocycles. The predicted octanol–water partition coefficient (Wildman–Crippen LogP) is 4.63. The van der Waals surface area contributed by atoms with Crippen LogP contribution in [0.5, 0.6) is 0 Å².